The van der Waals surface area contributed by atoms with Gasteiger partial charge in [0.05, 0.1) is 0 Å². The fraction of sp³-hybridized carbons (Fsp3) is 0.176. The highest BCUT2D eigenvalue weighted by Gasteiger charge is 2.14. The van der Waals surface area contributed by atoms with Crippen molar-refractivity contribution in [2.45, 2.75) is 20.4 Å². The molecule has 0 spiro atoms. The molecule has 0 aliphatic carbocycles. The van der Waals surface area contributed by atoms with Crippen molar-refractivity contribution >= 4 is 16.9 Å². The monoisotopic (exact) mass is 297 g/mol. The van der Waals surface area contributed by atoms with Gasteiger partial charge in [-0.3, -0.25) is 4.79 Å². The Morgan fingerprint density at radius 1 is 1.14 bits per heavy atom. The number of benzene rings is 1. The summed E-state index contributed by atoms with van der Waals surface area (Å²) in [6, 6.07) is 10.5. The van der Waals surface area contributed by atoms with Gasteiger partial charge >= 0.3 is 5.63 Å². The van der Waals surface area contributed by atoms with Gasteiger partial charge in [0.1, 0.15) is 22.7 Å². The van der Waals surface area contributed by atoms with Crippen LogP contribution < -0.4 is 10.9 Å². The van der Waals surface area contributed by atoms with Crippen LogP contribution in [0.25, 0.3) is 11.0 Å². The van der Waals surface area contributed by atoms with Crippen LogP contribution in [-0.2, 0) is 6.54 Å². The molecule has 0 atom stereocenters. The number of amides is 1. The third-order valence-electron chi connectivity index (χ3n) is 3.47. The Morgan fingerprint density at radius 3 is 2.64 bits per heavy atom. The molecule has 3 rings (SSSR count). The number of carbonyl (C=O) groups excluding carboxylic acids is 1. The van der Waals surface area contributed by atoms with Crippen LogP contribution in [0, 0.1) is 13.8 Å². The third kappa shape index (κ3) is 2.65. The predicted octanol–water partition coefficient (Wildman–Crippen LogP) is 2.93. The molecule has 0 fully saturated rings. The van der Waals surface area contributed by atoms with Crippen molar-refractivity contribution in [2.24, 2.45) is 0 Å². The van der Waals surface area contributed by atoms with E-state index in [0.29, 0.717) is 17.5 Å². The molecular weight excluding hydrogens is 282 g/mol. The minimum atomic E-state index is -0.642. The summed E-state index contributed by atoms with van der Waals surface area (Å²) < 4.78 is 10.6. The molecule has 1 amide bonds. The maximum absolute atomic E-state index is 12.2. The van der Waals surface area contributed by atoms with Gasteiger partial charge in [-0.1, -0.05) is 18.2 Å². The van der Waals surface area contributed by atoms with Crippen LogP contribution in [0.2, 0.25) is 0 Å². The average molecular weight is 297 g/mol. The molecule has 0 saturated heterocycles. The minimum absolute atomic E-state index is 0.00318. The number of hydrogen-bond acceptors (Lipinski definition) is 4. The van der Waals surface area contributed by atoms with E-state index >= 15 is 0 Å². The Hall–Kier alpha value is -2.82. The van der Waals surface area contributed by atoms with Crippen molar-refractivity contribution in [1.29, 1.82) is 0 Å². The molecule has 0 aliphatic heterocycles. The van der Waals surface area contributed by atoms with Gasteiger partial charge in [-0.05, 0) is 32.0 Å². The Kier molecular flexibility index (Phi) is 3.55. The largest absolute Gasteiger partial charge is 0.466 e. The van der Waals surface area contributed by atoms with Crippen molar-refractivity contribution in [3.05, 3.63) is 69.5 Å². The molecule has 2 heterocycles. The van der Waals surface area contributed by atoms with Crippen molar-refractivity contribution in [1.82, 2.24) is 5.32 Å². The lowest BCUT2D eigenvalue weighted by molar-refractivity contribution is 0.0947. The summed E-state index contributed by atoms with van der Waals surface area (Å²) in [4.78, 5) is 24.1. The molecule has 0 bridgehead atoms. The number of carbonyl (C=O) groups is 1. The lowest BCUT2D eigenvalue weighted by Gasteiger charge is -2.04. The van der Waals surface area contributed by atoms with E-state index in [1.807, 2.05) is 26.0 Å². The second-order valence-corrected chi connectivity index (χ2v) is 5.11. The fourth-order valence-electron chi connectivity index (χ4n) is 2.35. The Bertz CT molecular complexity index is 904. The zero-order valence-electron chi connectivity index (χ0n) is 12.3. The molecule has 1 aromatic carbocycles. The van der Waals surface area contributed by atoms with Crippen LogP contribution in [0.15, 0.2) is 50.0 Å². The quantitative estimate of drug-likeness (QED) is 0.754. The van der Waals surface area contributed by atoms with Gasteiger partial charge in [-0.2, -0.15) is 0 Å². The van der Waals surface area contributed by atoms with E-state index in [-0.39, 0.29) is 5.56 Å². The topological polar surface area (TPSA) is 72.5 Å². The van der Waals surface area contributed by atoms with Crippen LogP contribution >= 0.6 is 0 Å². The number of fused-ring (bicyclic) bond motifs is 1. The molecule has 5 heteroatoms. The summed E-state index contributed by atoms with van der Waals surface area (Å²) in [5.74, 6) is 1.08. The smallest absolute Gasteiger partial charge is 0.349 e. The van der Waals surface area contributed by atoms with E-state index in [1.54, 1.807) is 24.3 Å². The van der Waals surface area contributed by atoms with Gasteiger partial charge in [-0.15, -0.1) is 0 Å². The van der Waals surface area contributed by atoms with Crippen molar-refractivity contribution < 1.29 is 13.6 Å². The maximum Gasteiger partial charge on any atom is 0.349 e. The van der Waals surface area contributed by atoms with E-state index in [0.717, 1.165) is 17.1 Å². The molecule has 0 radical (unpaired) electrons. The van der Waals surface area contributed by atoms with Crippen LogP contribution in [0.5, 0.6) is 0 Å². The van der Waals surface area contributed by atoms with Crippen LogP contribution in [0.3, 0.4) is 0 Å². The molecule has 2 aromatic heterocycles. The summed E-state index contributed by atoms with van der Waals surface area (Å²) >= 11 is 0. The maximum atomic E-state index is 12.2. The molecule has 22 heavy (non-hydrogen) atoms. The number of rotatable bonds is 3. The highest BCUT2D eigenvalue weighted by Crippen LogP contribution is 2.14. The van der Waals surface area contributed by atoms with Gasteiger partial charge in [0, 0.05) is 17.5 Å². The number of furan rings is 1. The molecular formula is C17H15NO4. The first-order valence-electron chi connectivity index (χ1n) is 6.91. The highest BCUT2D eigenvalue weighted by atomic mass is 16.4. The molecule has 0 unspecified atom stereocenters. The van der Waals surface area contributed by atoms with E-state index < -0.39 is 11.5 Å². The number of para-hydroxylation sites is 1. The number of hydrogen-bond donors (Lipinski definition) is 1. The third-order valence-corrected chi connectivity index (χ3v) is 3.47. The molecule has 0 saturated carbocycles. The van der Waals surface area contributed by atoms with Crippen LogP contribution in [0.4, 0.5) is 0 Å². The zero-order valence-corrected chi connectivity index (χ0v) is 12.3. The predicted molar refractivity (Wildman–Crippen MR) is 81.8 cm³/mol. The first-order chi connectivity index (χ1) is 10.5. The van der Waals surface area contributed by atoms with E-state index in [4.69, 9.17) is 8.83 Å². The molecule has 112 valence electrons. The van der Waals surface area contributed by atoms with Gasteiger partial charge in [0.15, 0.2) is 0 Å². The molecule has 1 N–H and O–H groups in total. The van der Waals surface area contributed by atoms with E-state index in [1.165, 1.54) is 0 Å². The Labute approximate surface area is 126 Å². The average Bonchev–Trinajstić information content (AvgIpc) is 2.82. The summed E-state index contributed by atoms with van der Waals surface area (Å²) in [6.07, 6.45) is 0. The van der Waals surface area contributed by atoms with Crippen LogP contribution in [-0.4, -0.2) is 5.91 Å². The van der Waals surface area contributed by atoms with E-state index in [9.17, 15) is 9.59 Å². The number of nitrogens with one attached hydrogen (secondary N) is 1. The summed E-state index contributed by atoms with van der Waals surface area (Å²) in [5, 5.41) is 3.43. The summed E-state index contributed by atoms with van der Waals surface area (Å²) in [7, 11) is 0. The molecule has 5 nitrogen and oxygen atoms in total. The number of aryl methyl sites for hydroxylation is 2. The van der Waals surface area contributed by atoms with E-state index in [2.05, 4.69) is 5.32 Å². The zero-order chi connectivity index (χ0) is 15.7. The SMILES string of the molecule is Cc1cc(CNC(=O)c2cc3ccccc3oc2=O)c(C)o1. The van der Waals surface area contributed by atoms with Crippen molar-refractivity contribution in [3.8, 4) is 0 Å². The lowest BCUT2D eigenvalue weighted by Crippen LogP contribution is -2.27. The minimum Gasteiger partial charge on any atom is -0.466 e. The van der Waals surface area contributed by atoms with Crippen LogP contribution in [0.1, 0.15) is 27.4 Å². The first-order valence-corrected chi connectivity index (χ1v) is 6.91. The standard InChI is InChI=1S/C17H15NO4/c1-10-7-13(11(2)21-10)9-18-16(19)14-8-12-5-3-4-6-15(12)22-17(14)20/h3-8H,9H2,1-2H3,(H,18,19). The summed E-state index contributed by atoms with van der Waals surface area (Å²) in [6.45, 7) is 3.98. The normalized spacial score (nSPS) is 10.8. The fourth-order valence-corrected chi connectivity index (χ4v) is 2.35. The first kappa shape index (κ1) is 14.1. The Balaban J connectivity index is 1.84. The van der Waals surface area contributed by atoms with Gasteiger partial charge in [-0.25, -0.2) is 4.79 Å². The van der Waals surface area contributed by atoms with Crippen molar-refractivity contribution in [3.63, 3.8) is 0 Å². The van der Waals surface area contributed by atoms with Gasteiger partial charge in [0.25, 0.3) is 5.91 Å². The Morgan fingerprint density at radius 2 is 1.91 bits per heavy atom. The second kappa shape index (κ2) is 5.52. The second-order valence-electron chi connectivity index (χ2n) is 5.11. The van der Waals surface area contributed by atoms with Crippen molar-refractivity contribution in [2.75, 3.05) is 0 Å². The van der Waals surface area contributed by atoms with Gasteiger partial charge in [0.2, 0.25) is 0 Å². The summed E-state index contributed by atoms with van der Waals surface area (Å²) in [5.41, 5.74) is 0.703. The lowest BCUT2D eigenvalue weighted by atomic mass is 10.1. The highest BCUT2D eigenvalue weighted by molar-refractivity contribution is 5.96. The molecule has 3 aromatic rings. The molecule has 0 aliphatic rings. The van der Waals surface area contributed by atoms with Gasteiger partial charge < -0.3 is 14.2 Å².